The van der Waals surface area contributed by atoms with Crippen LogP contribution in [0.5, 0.6) is 0 Å². The number of hydrogen-bond donors (Lipinski definition) is 0. The molecule has 1 fully saturated rings. The van der Waals surface area contributed by atoms with Crippen LogP contribution in [-0.2, 0) is 16.0 Å². The topological polar surface area (TPSA) is 129 Å². The number of hydrogen-bond acceptors (Lipinski definition) is 8. The number of carbonyl (C=O) groups excluding carboxylic acids is 4. The van der Waals surface area contributed by atoms with Crippen LogP contribution in [0.4, 0.5) is 0 Å². The first-order valence-corrected chi connectivity index (χ1v) is 15.5. The molecule has 0 bridgehead atoms. The van der Waals surface area contributed by atoms with E-state index in [0.29, 0.717) is 51.9 Å². The molecule has 7 rings (SSSR count). The zero-order chi connectivity index (χ0) is 31.4. The fourth-order valence-corrected chi connectivity index (χ4v) is 6.72. The maximum atomic E-state index is 13.4. The van der Waals surface area contributed by atoms with Gasteiger partial charge in [0.1, 0.15) is 12.7 Å². The summed E-state index contributed by atoms with van der Waals surface area (Å²) in [6.45, 7) is 0.706. The monoisotopic (exact) mass is 692 g/mol. The lowest BCUT2D eigenvalue weighted by atomic mass is 10.1. The number of nitrogens with zero attached hydrogens (tertiary/aromatic N) is 6. The Kier molecular flexibility index (Phi) is 7.44. The van der Waals surface area contributed by atoms with E-state index in [0.717, 1.165) is 10.9 Å². The number of aromatic nitrogens is 4. The van der Waals surface area contributed by atoms with Gasteiger partial charge >= 0.3 is 11.9 Å². The molecule has 14 heteroatoms. The highest BCUT2D eigenvalue weighted by Crippen LogP contribution is 2.40. The number of amides is 2. The van der Waals surface area contributed by atoms with Crippen LogP contribution in [0.15, 0.2) is 53.5 Å². The molecule has 1 saturated heterocycles. The molecule has 0 saturated carbocycles. The number of carbonyl (C=O) groups is 4. The molecule has 12 nitrogen and oxygen atoms in total. The van der Waals surface area contributed by atoms with Crippen molar-refractivity contribution in [3.63, 3.8) is 0 Å². The molecule has 2 amide bonds. The Hall–Kier alpha value is -4.49. The Labute approximate surface area is 270 Å². The van der Waals surface area contributed by atoms with Crippen molar-refractivity contribution in [1.82, 2.24) is 28.9 Å². The maximum absolute atomic E-state index is 13.4. The van der Waals surface area contributed by atoms with Crippen molar-refractivity contribution in [1.29, 1.82) is 0 Å². The number of esters is 2. The van der Waals surface area contributed by atoms with Gasteiger partial charge in [0, 0.05) is 29.5 Å². The molecule has 0 spiro atoms. The standard InChI is InChI=1S/C31H26BrClN6O6/c1-36-14-24-25(34-15-38(24)21-8-6-18(33)13-20(21)28(36)40)30(42)44-10-3-11-45-31(43)26-27-23-4-2-9-37(23)29(41)19-12-17(32)5-7-22(19)39(27)16-35-26/h5-8,12-13,15-16,23H,2-4,9-11,14H2,1H3. The van der Waals surface area contributed by atoms with E-state index in [9.17, 15) is 19.2 Å². The fourth-order valence-electron chi connectivity index (χ4n) is 6.18. The molecule has 4 aromatic rings. The van der Waals surface area contributed by atoms with E-state index in [2.05, 4.69) is 25.9 Å². The average Bonchev–Trinajstić information content (AvgIpc) is 3.76. The second-order valence-electron chi connectivity index (χ2n) is 11.0. The van der Waals surface area contributed by atoms with Crippen molar-refractivity contribution in [3.05, 3.63) is 92.5 Å². The van der Waals surface area contributed by atoms with Crippen LogP contribution in [0.1, 0.15) is 78.4 Å². The number of halogens is 2. The molecule has 45 heavy (non-hydrogen) atoms. The minimum atomic E-state index is -0.649. The quantitative estimate of drug-likeness (QED) is 0.209. The first kappa shape index (κ1) is 29.2. The van der Waals surface area contributed by atoms with E-state index >= 15 is 0 Å². The maximum Gasteiger partial charge on any atom is 0.358 e. The van der Waals surface area contributed by atoms with Gasteiger partial charge in [0.15, 0.2) is 11.4 Å². The van der Waals surface area contributed by atoms with Crippen molar-refractivity contribution >= 4 is 51.3 Å². The van der Waals surface area contributed by atoms with Crippen molar-refractivity contribution in [2.24, 2.45) is 0 Å². The third kappa shape index (κ3) is 4.99. The third-order valence-corrected chi connectivity index (χ3v) is 9.00. The van der Waals surface area contributed by atoms with Crippen LogP contribution in [-0.4, -0.2) is 79.5 Å². The van der Waals surface area contributed by atoms with Crippen LogP contribution in [0, 0.1) is 0 Å². The molecule has 0 N–H and O–H groups in total. The lowest BCUT2D eigenvalue weighted by Gasteiger charge is -2.22. The lowest BCUT2D eigenvalue weighted by molar-refractivity contribution is 0.0383. The van der Waals surface area contributed by atoms with Crippen LogP contribution in [0.25, 0.3) is 11.4 Å². The zero-order valence-corrected chi connectivity index (χ0v) is 26.4. The zero-order valence-electron chi connectivity index (χ0n) is 24.0. The Morgan fingerprint density at radius 3 is 2.40 bits per heavy atom. The van der Waals surface area contributed by atoms with Gasteiger partial charge in [-0.2, -0.15) is 0 Å². The van der Waals surface area contributed by atoms with Gasteiger partial charge in [-0.15, -0.1) is 0 Å². The summed E-state index contributed by atoms with van der Waals surface area (Å²) in [5, 5.41) is 0.428. The highest BCUT2D eigenvalue weighted by atomic mass is 79.9. The van der Waals surface area contributed by atoms with Crippen molar-refractivity contribution in [3.8, 4) is 11.4 Å². The van der Waals surface area contributed by atoms with E-state index in [1.54, 1.807) is 51.7 Å². The van der Waals surface area contributed by atoms with Crippen molar-refractivity contribution in [2.45, 2.75) is 31.8 Å². The van der Waals surface area contributed by atoms with Gasteiger partial charge in [0.05, 0.1) is 59.7 Å². The van der Waals surface area contributed by atoms with Crippen LogP contribution >= 0.6 is 27.5 Å². The van der Waals surface area contributed by atoms with Gasteiger partial charge < -0.3 is 19.3 Å². The first-order chi connectivity index (χ1) is 21.7. The Morgan fingerprint density at radius 2 is 1.60 bits per heavy atom. The summed E-state index contributed by atoms with van der Waals surface area (Å²) in [4.78, 5) is 64.4. The van der Waals surface area contributed by atoms with Crippen LogP contribution in [0.2, 0.25) is 5.02 Å². The smallest absolute Gasteiger partial charge is 0.358 e. The molecule has 3 aliphatic heterocycles. The van der Waals surface area contributed by atoms with E-state index in [-0.39, 0.29) is 55.4 Å². The van der Waals surface area contributed by atoms with E-state index in [4.69, 9.17) is 21.1 Å². The lowest BCUT2D eigenvalue weighted by Crippen LogP contribution is -2.30. The molecule has 0 radical (unpaired) electrons. The third-order valence-electron chi connectivity index (χ3n) is 8.27. The molecule has 5 heterocycles. The SMILES string of the molecule is CN1Cc2c(C(=O)OCCCOC(=O)c3ncn4c3C3CCCN3C(=O)c3cc(Br)ccc3-4)ncn2-c2ccc(Cl)cc2C1=O. The summed E-state index contributed by atoms with van der Waals surface area (Å²) in [6, 6.07) is 10.1. The number of imidazole rings is 2. The van der Waals surface area contributed by atoms with Gasteiger partial charge in [-0.3, -0.25) is 18.7 Å². The molecule has 3 aliphatic rings. The molecule has 1 unspecified atom stereocenters. The molecule has 230 valence electrons. The Balaban J connectivity index is 1.01. The van der Waals surface area contributed by atoms with E-state index < -0.39 is 11.9 Å². The molecule has 2 aromatic heterocycles. The highest BCUT2D eigenvalue weighted by molar-refractivity contribution is 9.10. The van der Waals surface area contributed by atoms with Gasteiger partial charge in [0.25, 0.3) is 11.8 Å². The first-order valence-electron chi connectivity index (χ1n) is 14.4. The Bertz CT molecular complexity index is 1900. The summed E-state index contributed by atoms with van der Waals surface area (Å²) in [5.41, 5.74) is 3.57. The van der Waals surface area contributed by atoms with E-state index in [1.807, 2.05) is 12.1 Å². The highest BCUT2D eigenvalue weighted by Gasteiger charge is 2.40. The predicted octanol–water partition coefficient (Wildman–Crippen LogP) is 4.75. The largest absolute Gasteiger partial charge is 0.461 e. The number of ether oxygens (including phenoxy) is 2. The fraction of sp³-hybridized carbons (Fsp3) is 0.290. The molecule has 2 aromatic carbocycles. The average molecular weight is 694 g/mol. The normalized spacial score (nSPS) is 16.6. The van der Waals surface area contributed by atoms with Crippen LogP contribution < -0.4 is 0 Å². The minimum Gasteiger partial charge on any atom is -0.461 e. The van der Waals surface area contributed by atoms with Crippen molar-refractivity contribution < 1.29 is 28.7 Å². The predicted molar refractivity (Wildman–Crippen MR) is 164 cm³/mol. The number of benzene rings is 2. The van der Waals surface area contributed by atoms with Gasteiger partial charge in [-0.05, 0) is 49.2 Å². The Morgan fingerprint density at radius 1 is 0.933 bits per heavy atom. The summed E-state index contributed by atoms with van der Waals surface area (Å²) >= 11 is 9.58. The molecule has 0 aliphatic carbocycles. The summed E-state index contributed by atoms with van der Waals surface area (Å²) in [5.74, 6) is -1.57. The second kappa shape index (κ2) is 11.5. The number of fused-ring (bicyclic) bond motifs is 8. The number of rotatable bonds is 6. The summed E-state index contributed by atoms with van der Waals surface area (Å²) in [6.07, 6.45) is 4.81. The molecular weight excluding hydrogens is 668 g/mol. The van der Waals surface area contributed by atoms with Crippen molar-refractivity contribution in [2.75, 3.05) is 26.8 Å². The second-order valence-corrected chi connectivity index (χ2v) is 12.4. The summed E-state index contributed by atoms with van der Waals surface area (Å²) < 4.78 is 15.3. The van der Waals surface area contributed by atoms with Gasteiger partial charge in [-0.25, -0.2) is 19.6 Å². The molecule has 1 atom stereocenters. The van der Waals surface area contributed by atoms with E-state index in [1.165, 1.54) is 11.2 Å². The van der Waals surface area contributed by atoms with Gasteiger partial charge in [-0.1, -0.05) is 27.5 Å². The summed E-state index contributed by atoms with van der Waals surface area (Å²) in [7, 11) is 1.64. The van der Waals surface area contributed by atoms with Gasteiger partial charge in [0.2, 0.25) is 0 Å². The molecular formula is C31H26BrClN6O6. The minimum absolute atomic E-state index is 0.0120. The van der Waals surface area contributed by atoms with Crippen LogP contribution in [0.3, 0.4) is 0 Å².